The Labute approximate surface area is 98.7 Å². The highest BCUT2D eigenvalue weighted by molar-refractivity contribution is 5.87. The van der Waals surface area contributed by atoms with Crippen molar-refractivity contribution in [3.05, 3.63) is 35.9 Å². The number of carboxylic acid groups (broad SMARTS) is 2. The van der Waals surface area contributed by atoms with Gasteiger partial charge in [0, 0.05) is 6.42 Å². The van der Waals surface area contributed by atoms with Crippen molar-refractivity contribution in [3.63, 3.8) is 0 Å². The first-order chi connectivity index (χ1) is 7.93. The Bertz CT molecular complexity index is 369. The maximum Gasteiger partial charge on any atom is 0.335 e. The zero-order chi connectivity index (χ0) is 13.3. The smallest absolute Gasteiger partial charge is 0.335 e. The number of carbonyl (C=O) groups is 3. The number of benzene rings is 1. The summed E-state index contributed by atoms with van der Waals surface area (Å²) >= 11 is 0. The van der Waals surface area contributed by atoms with Crippen LogP contribution in [0.15, 0.2) is 30.3 Å². The highest BCUT2D eigenvalue weighted by atomic mass is 16.4. The lowest BCUT2D eigenvalue weighted by Crippen LogP contribution is -1.98. The molecular formula is C12H14O5. The molecule has 0 aliphatic carbocycles. The molecule has 1 rings (SSSR count). The summed E-state index contributed by atoms with van der Waals surface area (Å²) in [6.07, 6.45) is 0.102. The van der Waals surface area contributed by atoms with Crippen molar-refractivity contribution < 1.29 is 24.6 Å². The van der Waals surface area contributed by atoms with E-state index in [0.29, 0.717) is 5.56 Å². The van der Waals surface area contributed by atoms with Crippen LogP contribution in [0.3, 0.4) is 0 Å². The quantitative estimate of drug-likeness (QED) is 0.834. The molecule has 0 saturated carbocycles. The van der Waals surface area contributed by atoms with Gasteiger partial charge in [-0.3, -0.25) is 4.79 Å². The topological polar surface area (TPSA) is 91.7 Å². The normalized spacial score (nSPS) is 8.76. The second-order valence-electron chi connectivity index (χ2n) is 3.27. The van der Waals surface area contributed by atoms with Gasteiger partial charge in [-0.25, -0.2) is 4.79 Å². The van der Waals surface area contributed by atoms with Gasteiger partial charge in [-0.15, -0.1) is 0 Å². The van der Waals surface area contributed by atoms with Gasteiger partial charge in [-0.05, 0) is 19.1 Å². The molecule has 0 aromatic heterocycles. The van der Waals surface area contributed by atoms with Gasteiger partial charge in [0.15, 0.2) is 0 Å². The second-order valence-corrected chi connectivity index (χ2v) is 3.27. The van der Waals surface area contributed by atoms with Gasteiger partial charge < -0.3 is 15.0 Å². The minimum Gasteiger partial charge on any atom is -0.481 e. The summed E-state index contributed by atoms with van der Waals surface area (Å²) in [7, 11) is 0. The summed E-state index contributed by atoms with van der Waals surface area (Å²) in [5, 5.41) is 16.4. The molecule has 0 atom stereocenters. The molecule has 92 valence electrons. The van der Waals surface area contributed by atoms with E-state index in [4.69, 9.17) is 10.2 Å². The molecule has 0 fully saturated rings. The minimum absolute atomic E-state index is 0.0463. The van der Waals surface area contributed by atoms with Crippen molar-refractivity contribution in [1.29, 1.82) is 0 Å². The highest BCUT2D eigenvalue weighted by Crippen LogP contribution is 1.96. The molecule has 0 heterocycles. The molecule has 0 bridgehead atoms. The molecule has 0 unspecified atom stereocenters. The van der Waals surface area contributed by atoms with Crippen molar-refractivity contribution in [3.8, 4) is 0 Å². The van der Waals surface area contributed by atoms with Crippen LogP contribution in [0.4, 0.5) is 0 Å². The average Bonchev–Trinajstić information content (AvgIpc) is 2.28. The standard InChI is InChI=1S/C7H6O2.C5H8O3/c8-7(9)6-4-2-1-3-5-6;1-4(6)2-3-5(7)8/h1-5H,(H,8,9);2-3H2,1H3,(H,7,8). The monoisotopic (exact) mass is 238 g/mol. The third-order valence-corrected chi connectivity index (χ3v) is 1.71. The van der Waals surface area contributed by atoms with Gasteiger partial charge in [0.05, 0.1) is 12.0 Å². The van der Waals surface area contributed by atoms with Gasteiger partial charge in [0.1, 0.15) is 5.78 Å². The molecule has 1 aromatic rings. The molecule has 0 amide bonds. The molecular weight excluding hydrogens is 224 g/mol. The second kappa shape index (κ2) is 8.04. The number of aromatic carboxylic acids is 1. The summed E-state index contributed by atoms with van der Waals surface area (Å²) in [5.41, 5.74) is 0.331. The maximum atomic E-state index is 10.2. The van der Waals surface area contributed by atoms with E-state index >= 15 is 0 Å². The maximum absolute atomic E-state index is 10.2. The van der Waals surface area contributed by atoms with Gasteiger partial charge in [0.25, 0.3) is 0 Å². The Kier molecular flexibility index (Phi) is 7.01. The van der Waals surface area contributed by atoms with E-state index in [-0.39, 0.29) is 18.6 Å². The van der Waals surface area contributed by atoms with E-state index in [9.17, 15) is 14.4 Å². The zero-order valence-corrected chi connectivity index (χ0v) is 9.42. The molecule has 0 radical (unpaired) electrons. The van der Waals surface area contributed by atoms with E-state index in [2.05, 4.69) is 0 Å². The summed E-state index contributed by atoms with van der Waals surface area (Å²) < 4.78 is 0. The predicted octanol–water partition coefficient (Wildman–Crippen LogP) is 1.82. The molecule has 0 spiro atoms. The first-order valence-corrected chi connectivity index (χ1v) is 4.93. The van der Waals surface area contributed by atoms with E-state index in [1.165, 1.54) is 6.92 Å². The zero-order valence-electron chi connectivity index (χ0n) is 9.42. The van der Waals surface area contributed by atoms with E-state index in [1.807, 2.05) is 0 Å². The number of ketones is 1. The molecule has 2 N–H and O–H groups in total. The average molecular weight is 238 g/mol. The summed E-state index contributed by atoms with van der Waals surface area (Å²) in [6.45, 7) is 1.38. The van der Waals surface area contributed by atoms with Crippen molar-refractivity contribution >= 4 is 17.7 Å². The fourth-order valence-corrected chi connectivity index (χ4v) is 0.864. The summed E-state index contributed by atoms with van der Waals surface area (Å²) in [6, 6.07) is 8.30. The number of carboxylic acids is 2. The SMILES string of the molecule is CC(=O)CCC(=O)O.O=C(O)c1ccccc1. The fraction of sp³-hybridized carbons (Fsp3) is 0.250. The Morgan fingerprint density at radius 1 is 1.00 bits per heavy atom. The van der Waals surface area contributed by atoms with Crippen molar-refractivity contribution in [2.75, 3.05) is 0 Å². The number of rotatable bonds is 4. The van der Waals surface area contributed by atoms with Crippen molar-refractivity contribution in [2.24, 2.45) is 0 Å². The number of hydrogen-bond donors (Lipinski definition) is 2. The fourth-order valence-electron chi connectivity index (χ4n) is 0.864. The predicted molar refractivity (Wildman–Crippen MR) is 61.0 cm³/mol. The minimum atomic E-state index is -0.916. The van der Waals surface area contributed by atoms with Gasteiger partial charge >= 0.3 is 11.9 Å². The molecule has 5 nitrogen and oxygen atoms in total. The lowest BCUT2D eigenvalue weighted by atomic mass is 10.2. The summed E-state index contributed by atoms with van der Waals surface area (Å²) in [5.74, 6) is -1.87. The van der Waals surface area contributed by atoms with Crippen LogP contribution in [0.25, 0.3) is 0 Å². The van der Waals surface area contributed by atoms with Crippen LogP contribution in [0.2, 0.25) is 0 Å². The number of aliphatic carboxylic acids is 1. The largest absolute Gasteiger partial charge is 0.481 e. The Balaban J connectivity index is 0.000000304. The lowest BCUT2D eigenvalue weighted by Gasteiger charge is -1.88. The molecule has 17 heavy (non-hydrogen) atoms. The Morgan fingerprint density at radius 2 is 1.53 bits per heavy atom. The van der Waals surface area contributed by atoms with Crippen LogP contribution < -0.4 is 0 Å². The Morgan fingerprint density at radius 3 is 1.76 bits per heavy atom. The van der Waals surface area contributed by atoms with Crippen LogP contribution in [0.5, 0.6) is 0 Å². The molecule has 0 aliphatic heterocycles. The molecule has 0 aliphatic rings. The van der Waals surface area contributed by atoms with E-state index in [0.717, 1.165) is 0 Å². The number of carbonyl (C=O) groups excluding carboxylic acids is 1. The first kappa shape index (κ1) is 14.8. The van der Waals surface area contributed by atoms with Crippen LogP contribution in [-0.2, 0) is 9.59 Å². The van der Waals surface area contributed by atoms with E-state index in [1.54, 1.807) is 30.3 Å². The van der Waals surface area contributed by atoms with Crippen molar-refractivity contribution in [1.82, 2.24) is 0 Å². The van der Waals surface area contributed by atoms with Crippen LogP contribution in [0.1, 0.15) is 30.1 Å². The third kappa shape index (κ3) is 8.80. The van der Waals surface area contributed by atoms with Gasteiger partial charge in [-0.1, -0.05) is 18.2 Å². The summed E-state index contributed by atoms with van der Waals surface area (Å²) in [4.78, 5) is 30.0. The first-order valence-electron chi connectivity index (χ1n) is 4.93. The van der Waals surface area contributed by atoms with Gasteiger partial charge in [0.2, 0.25) is 0 Å². The van der Waals surface area contributed by atoms with Crippen LogP contribution in [0, 0.1) is 0 Å². The van der Waals surface area contributed by atoms with E-state index < -0.39 is 11.9 Å². The molecule has 5 heteroatoms. The van der Waals surface area contributed by atoms with Gasteiger partial charge in [-0.2, -0.15) is 0 Å². The molecule has 1 aromatic carbocycles. The van der Waals surface area contributed by atoms with Crippen LogP contribution in [-0.4, -0.2) is 27.9 Å². The van der Waals surface area contributed by atoms with Crippen molar-refractivity contribution in [2.45, 2.75) is 19.8 Å². The Hall–Kier alpha value is -2.17. The number of hydrogen-bond acceptors (Lipinski definition) is 3. The number of Topliss-reactive ketones (excluding diaryl/α,β-unsaturated/α-hetero) is 1. The molecule has 0 saturated heterocycles. The van der Waals surface area contributed by atoms with Crippen LogP contribution >= 0.6 is 0 Å². The third-order valence-electron chi connectivity index (χ3n) is 1.71. The lowest BCUT2D eigenvalue weighted by molar-refractivity contribution is -0.138. The highest BCUT2D eigenvalue weighted by Gasteiger charge is 1.98.